The van der Waals surface area contributed by atoms with E-state index in [1.54, 1.807) is 37.1 Å². The Hall–Kier alpha value is -3.89. The molecule has 1 aliphatic rings. The zero-order valence-electron chi connectivity index (χ0n) is 18.2. The van der Waals surface area contributed by atoms with Crippen molar-refractivity contribution in [2.75, 3.05) is 16.9 Å². The van der Waals surface area contributed by atoms with Crippen LogP contribution in [0.25, 0.3) is 10.8 Å². The summed E-state index contributed by atoms with van der Waals surface area (Å²) in [5.74, 6) is 0.102. The van der Waals surface area contributed by atoms with E-state index in [9.17, 15) is 14.9 Å². The molecule has 32 heavy (non-hydrogen) atoms. The first-order chi connectivity index (χ1) is 15.4. The third kappa shape index (κ3) is 3.45. The Balaban J connectivity index is 1.94. The van der Waals surface area contributed by atoms with Gasteiger partial charge in [0.15, 0.2) is 0 Å². The molecule has 3 aromatic rings. The number of methoxy groups -OCH3 is 1. The molecule has 1 heterocycles. The first-order valence-electron chi connectivity index (χ1n) is 10.3. The summed E-state index contributed by atoms with van der Waals surface area (Å²) >= 11 is 0. The number of hydrogen-bond donors (Lipinski definition) is 1. The standard InChI is InChI=1S/C25H24N4O3/c1-15-24(27)25(31)28(21-10-8-17(13-26)12-22(21)29(15)16(2)30)14-20-19-7-5-4-6-18(19)9-11-23(20)32-3/h4-12,15,24H,14,27H2,1-3H3/t15-,24-/m0/s1. The van der Waals surface area contributed by atoms with Crippen LogP contribution in [0.4, 0.5) is 11.4 Å². The van der Waals surface area contributed by atoms with Gasteiger partial charge in [-0.15, -0.1) is 0 Å². The van der Waals surface area contributed by atoms with Crippen LogP contribution in [-0.4, -0.2) is 31.0 Å². The molecular formula is C25H24N4O3. The maximum Gasteiger partial charge on any atom is 0.246 e. The second-order valence-electron chi connectivity index (χ2n) is 7.86. The number of carbonyl (C=O) groups excluding carboxylic acids is 2. The van der Waals surface area contributed by atoms with E-state index in [1.165, 1.54) is 11.8 Å². The molecule has 4 rings (SSSR count). The molecule has 2 N–H and O–H groups in total. The average Bonchev–Trinajstić information content (AvgIpc) is 2.88. The number of carbonyl (C=O) groups is 2. The highest BCUT2D eigenvalue weighted by Crippen LogP contribution is 2.38. The van der Waals surface area contributed by atoms with E-state index in [2.05, 4.69) is 6.07 Å². The lowest BCUT2D eigenvalue weighted by Crippen LogP contribution is -2.53. The van der Waals surface area contributed by atoms with Crippen molar-refractivity contribution in [1.29, 1.82) is 5.26 Å². The first-order valence-corrected chi connectivity index (χ1v) is 10.3. The van der Waals surface area contributed by atoms with Crippen LogP contribution in [0.1, 0.15) is 25.0 Å². The van der Waals surface area contributed by atoms with E-state index in [0.717, 1.165) is 16.3 Å². The number of ether oxygens (including phenoxy) is 1. The summed E-state index contributed by atoms with van der Waals surface area (Å²) < 4.78 is 5.62. The van der Waals surface area contributed by atoms with E-state index in [0.29, 0.717) is 22.7 Å². The van der Waals surface area contributed by atoms with Crippen molar-refractivity contribution in [3.63, 3.8) is 0 Å². The van der Waals surface area contributed by atoms with Crippen LogP contribution in [0, 0.1) is 11.3 Å². The average molecular weight is 428 g/mol. The van der Waals surface area contributed by atoms with Crippen molar-refractivity contribution in [2.24, 2.45) is 5.73 Å². The molecule has 1 aliphatic heterocycles. The maximum absolute atomic E-state index is 13.5. The summed E-state index contributed by atoms with van der Waals surface area (Å²) in [6.45, 7) is 3.38. The van der Waals surface area contributed by atoms with Gasteiger partial charge in [0, 0.05) is 12.5 Å². The normalized spacial score (nSPS) is 18.2. The number of benzene rings is 3. The smallest absolute Gasteiger partial charge is 0.246 e. The molecule has 0 saturated heterocycles. The number of nitrogens with zero attached hydrogens (tertiary/aromatic N) is 3. The SMILES string of the molecule is COc1ccc2ccccc2c1CN1C(=O)[C@@H](N)[C@H](C)N(C(C)=O)c2cc(C#N)ccc21. The van der Waals surface area contributed by atoms with Gasteiger partial charge >= 0.3 is 0 Å². The number of anilines is 2. The second kappa shape index (κ2) is 8.33. The zero-order valence-corrected chi connectivity index (χ0v) is 18.2. The third-order valence-corrected chi connectivity index (χ3v) is 6.01. The number of hydrogen-bond acceptors (Lipinski definition) is 5. The van der Waals surface area contributed by atoms with Crippen LogP contribution in [0.2, 0.25) is 0 Å². The largest absolute Gasteiger partial charge is 0.496 e. The molecule has 0 bridgehead atoms. The van der Waals surface area contributed by atoms with Crippen molar-refractivity contribution in [3.8, 4) is 11.8 Å². The Kier molecular flexibility index (Phi) is 5.56. The van der Waals surface area contributed by atoms with Crippen molar-refractivity contribution in [3.05, 3.63) is 65.7 Å². The van der Waals surface area contributed by atoms with Crippen LogP contribution in [0.15, 0.2) is 54.6 Å². The number of amides is 2. The molecule has 162 valence electrons. The van der Waals surface area contributed by atoms with E-state index < -0.39 is 12.1 Å². The van der Waals surface area contributed by atoms with Crippen LogP contribution < -0.4 is 20.3 Å². The van der Waals surface area contributed by atoms with Gasteiger partial charge in [-0.25, -0.2) is 0 Å². The molecule has 0 saturated carbocycles. The minimum absolute atomic E-state index is 0.203. The second-order valence-corrected chi connectivity index (χ2v) is 7.86. The van der Waals surface area contributed by atoms with E-state index in [1.807, 2.05) is 36.4 Å². The van der Waals surface area contributed by atoms with Crippen LogP contribution in [-0.2, 0) is 16.1 Å². The van der Waals surface area contributed by atoms with Gasteiger partial charge in [0.1, 0.15) is 11.8 Å². The highest BCUT2D eigenvalue weighted by Gasteiger charge is 2.39. The lowest BCUT2D eigenvalue weighted by Gasteiger charge is -2.29. The highest BCUT2D eigenvalue weighted by molar-refractivity contribution is 6.07. The number of nitrogens with two attached hydrogens (primary N) is 1. The van der Waals surface area contributed by atoms with Gasteiger partial charge in [-0.1, -0.05) is 30.3 Å². The molecule has 7 nitrogen and oxygen atoms in total. The van der Waals surface area contributed by atoms with Crippen LogP contribution in [0.5, 0.6) is 5.75 Å². The summed E-state index contributed by atoms with van der Waals surface area (Å²) in [5, 5.41) is 11.4. The van der Waals surface area contributed by atoms with Crippen molar-refractivity contribution in [2.45, 2.75) is 32.5 Å². The minimum atomic E-state index is -0.933. The van der Waals surface area contributed by atoms with Gasteiger partial charge in [0.2, 0.25) is 11.8 Å². The monoisotopic (exact) mass is 428 g/mol. The van der Waals surface area contributed by atoms with E-state index >= 15 is 0 Å². The Morgan fingerprint density at radius 3 is 2.59 bits per heavy atom. The summed E-state index contributed by atoms with van der Waals surface area (Å²) in [6, 6.07) is 17.3. The number of fused-ring (bicyclic) bond motifs is 2. The summed E-state index contributed by atoms with van der Waals surface area (Å²) in [5.41, 5.74) is 8.60. The molecule has 0 radical (unpaired) electrons. The lowest BCUT2D eigenvalue weighted by molar-refractivity contribution is -0.120. The summed E-state index contributed by atoms with van der Waals surface area (Å²) in [6.07, 6.45) is 0. The Morgan fingerprint density at radius 2 is 1.91 bits per heavy atom. The van der Waals surface area contributed by atoms with Crippen molar-refractivity contribution < 1.29 is 14.3 Å². The maximum atomic E-state index is 13.5. The van der Waals surface area contributed by atoms with Crippen LogP contribution in [0.3, 0.4) is 0 Å². The fourth-order valence-electron chi connectivity index (χ4n) is 4.35. The molecule has 7 heteroatoms. The van der Waals surface area contributed by atoms with Crippen molar-refractivity contribution >= 4 is 34.0 Å². The van der Waals surface area contributed by atoms with Crippen LogP contribution >= 0.6 is 0 Å². The quantitative estimate of drug-likeness (QED) is 0.690. The van der Waals surface area contributed by atoms with Gasteiger partial charge < -0.3 is 20.3 Å². The molecule has 0 aromatic heterocycles. The van der Waals surface area contributed by atoms with E-state index in [-0.39, 0.29) is 18.4 Å². The predicted molar refractivity (Wildman–Crippen MR) is 123 cm³/mol. The third-order valence-electron chi connectivity index (χ3n) is 6.01. The first kappa shape index (κ1) is 21.3. The molecule has 0 fully saturated rings. The van der Waals surface area contributed by atoms with Gasteiger partial charge in [0.25, 0.3) is 0 Å². The predicted octanol–water partition coefficient (Wildman–Crippen LogP) is 3.34. The number of rotatable bonds is 3. The molecule has 2 atom stereocenters. The fraction of sp³-hybridized carbons (Fsp3) is 0.240. The van der Waals surface area contributed by atoms with Gasteiger partial charge in [-0.3, -0.25) is 9.59 Å². The van der Waals surface area contributed by atoms with Gasteiger partial charge in [0.05, 0.1) is 42.7 Å². The zero-order chi connectivity index (χ0) is 23.0. The fourth-order valence-corrected chi connectivity index (χ4v) is 4.35. The summed E-state index contributed by atoms with van der Waals surface area (Å²) in [7, 11) is 1.59. The van der Waals surface area contributed by atoms with Gasteiger partial charge in [-0.05, 0) is 42.0 Å². The number of nitriles is 1. The Bertz CT molecular complexity index is 1260. The summed E-state index contributed by atoms with van der Waals surface area (Å²) in [4.78, 5) is 29.2. The van der Waals surface area contributed by atoms with Crippen molar-refractivity contribution in [1.82, 2.24) is 0 Å². The Morgan fingerprint density at radius 1 is 1.16 bits per heavy atom. The molecule has 3 aromatic carbocycles. The highest BCUT2D eigenvalue weighted by atomic mass is 16.5. The lowest BCUT2D eigenvalue weighted by atomic mass is 10.0. The molecule has 2 amide bonds. The molecular weight excluding hydrogens is 404 g/mol. The molecule has 0 spiro atoms. The Labute approximate surface area is 186 Å². The topological polar surface area (TPSA) is 99.7 Å². The van der Waals surface area contributed by atoms with Gasteiger partial charge in [-0.2, -0.15) is 5.26 Å². The molecule has 0 aliphatic carbocycles. The molecule has 0 unspecified atom stereocenters. The minimum Gasteiger partial charge on any atom is -0.496 e. The van der Waals surface area contributed by atoms with E-state index in [4.69, 9.17) is 10.5 Å².